The van der Waals surface area contributed by atoms with Crippen LogP contribution in [0.4, 0.5) is 0 Å². The van der Waals surface area contributed by atoms with Gasteiger partial charge in [0.15, 0.2) is 0 Å². The maximum Gasteiger partial charge on any atom is 0.265 e. The molecular weight excluding hydrogens is 352 g/mol. The van der Waals surface area contributed by atoms with Gasteiger partial charge in [-0.2, -0.15) is 0 Å². The first-order chi connectivity index (χ1) is 11.4. The maximum absolute atomic E-state index is 12.3. The van der Waals surface area contributed by atoms with E-state index in [2.05, 4.69) is 9.71 Å². The lowest BCUT2D eigenvalue weighted by atomic mass is 10.1. The lowest BCUT2D eigenvalue weighted by Crippen LogP contribution is -2.32. The van der Waals surface area contributed by atoms with E-state index in [0.29, 0.717) is 12.2 Å². The highest BCUT2D eigenvalue weighted by Crippen LogP contribution is 2.50. The van der Waals surface area contributed by atoms with Crippen molar-refractivity contribution in [3.05, 3.63) is 53.3 Å². The van der Waals surface area contributed by atoms with Crippen LogP contribution in [0.5, 0.6) is 5.75 Å². The van der Waals surface area contributed by atoms with Gasteiger partial charge < -0.3 is 4.74 Å². The van der Waals surface area contributed by atoms with E-state index in [1.807, 2.05) is 24.3 Å². The molecule has 1 aromatic heterocycles. The van der Waals surface area contributed by atoms with Crippen molar-refractivity contribution in [3.8, 4) is 5.75 Å². The largest absolute Gasteiger partial charge is 0.496 e. The zero-order valence-electron chi connectivity index (χ0n) is 12.8. The number of halogens is 1. The Balaban J connectivity index is 1.73. The zero-order valence-corrected chi connectivity index (χ0v) is 14.3. The second kappa shape index (κ2) is 6.41. The number of rotatable bonds is 5. The molecule has 1 N–H and O–H groups in total. The van der Waals surface area contributed by atoms with E-state index in [4.69, 9.17) is 16.3 Å². The average molecular weight is 367 g/mol. The van der Waals surface area contributed by atoms with Gasteiger partial charge in [0.1, 0.15) is 10.6 Å². The van der Waals surface area contributed by atoms with E-state index in [-0.39, 0.29) is 15.8 Å². The van der Waals surface area contributed by atoms with Crippen molar-refractivity contribution in [1.29, 1.82) is 0 Å². The molecule has 1 aliphatic carbocycles. The Morgan fingerprint density at radius 2 is 2.08 bits per heavy atom. The Morgan fingerprint density at radius 1 is 1.33 bits per heavy atom. The highest BCUT2D eigenvalue weighted by molar-refractivity contribution is 7.90. The summed E-state index contributed by atoms with van der Waals surface area (Å²) >= 11 is 5.75. The summed E-state index contributed by atoms with van der Waals surface area (Å²) < 4.78 is 31.9. The maximum atomic E-state index is 12.3. The molecule has 0 spiro atoms. The highest BCUT2D eigenvalue weighted by Gasteiger charge is 2.46. The van der Waals surface area contributed by atoms with Crippen molar-refractivity contribution in [2.24, 2.45) is 5.92 Å². The molecule has 2 aromatic rings. The van der Waals surface area contributed by atoms with Gasteiger partial charge in [-0.05, 0) is 30.0 Å². The van der Waals surface area contributed by atoms with Gasteiger partial charge in [-0.1, -0.05) is 29.8 Å². The molecule has 0 bridgehead atoms. The minimum absolute atomic E-state index is 0.0474. The standard InChI is InChI=1S/C16H15ClN2O4S/c1-23-15-5-3-2-4-12(15)13-7-14(13)16(20)19-24(21,22)11-6-10(17)8-18-9-11/h2-6,8-9,13-14H,7H2,1H3,(H,19,20)/t13-,14-/m1/s1. The number of para-hydroxylation sites is 1. The van der Waals surface area contributed by atoms with Crippen LogP contribution in [0.3, 0.4) is 0 Å². The summed E-state index contributed by atoms with van der Waals surface area (Å²) in [7, 11) is -2.42. The molecule has 1 amide bonds. The van der Waals surface area contributed by atoms with Crippen molar-refractivity contribution in [1.82, 2.24) is 9.71 Å². The molecule has 1 saturated carbocycles. The molecular formula is C16H15ClN2O4S. The van der Waals surface area contributed by atoms with Crippen LogP contribution in [0.25, 0.3) is 0 Å². The lowest BCUT2D eigenvalue weighted by Gasteiger charge is -2.09. The van der Waals surface area contributed by atoms with Gasteiger partial charge in [0, 0.05) is 18.3 Å². The molecule has 1 aromatic carbocycles. The predicted octanol–water partition coefficient (Wildman–Crippen LogP) is 2.35. The number of carbonyl (C=O) groups is 1. The minimum atomic E-state index is -3.99. The molecule has 0 unspecified atom stereocenters. The average Bonchev–Trinajstić information content (AvgIpc) is 3.35. The van der Waals surface area contributed by atoms with Gasteiger partial charge in [0.05, 0.1) is 12.1 Å². The zero-order chi connectivity index (χ0) is 17.3. The number of pyridine rings is 1. The SMILES string of the molecule is COc1ccccc1[C@H]1C[C@H]1C(=O)NS(=O)(=O)c1cncc(Cl)c1. The fourth-order valence-corrected chi connectivity index (χ4v) is 3.86. The molecule has 0 saturated heterocycles. The van der Waals surface area contributed by atoms with Crippen LogP contribution in [0.1, 0.15) is 17.9 Å². The first kappa shape index (κ1) is 16.7. The molecule has 3 rings (SSSR count). The van der Waals surface area contributed by atoms with Crippen LogP contribution in [0.15, 0.2) is 47.6 Å². The van der Waals surface area contributed by atoms with E-state index >= 15 is 0 Å². The first-order valence-electron chi connectivity index (χ1n) is 7.22. The van der Waals surface area contributed by atoms with Crippen LogP contribution in [-0.2, 0) is 14.8 Å². The molecule has 1 heterocycles. The number of hydrogen-bond donors (Lipinski definition) is 1. The summed E-state index contributed by atoms with van der Waals surface area (Å²) in [5, 5.41) is 0.184. The summed E-state index contributed by atoms with van der Waals surface area (Å²) in [6.45, 7) is 0. The first-order valence-corrected chi connectivity index (χ1v) is 9.08. The third-order valence-corrected chi connectivity index (χ3v) is 5.41. The summed E-state index contributed by atoms with van der Waals surface area (Å²) in [4.78, 5) is 15.9. The number of aromatic nitrogens is 1. The molecule has 1 aliphatic rings. The fraction of sp³-hybridized carbons (Fsp3) is 0.250. The molecule has 8 heteroatoms. The van der Waals surface area contributed by atoms with Crippen molar-refractivity contribution >= 4 is 27.5 Å². The summed E-state index contributed by atoms with van der Waals surface area (Å²) in [5.41, 5.74) is 0.905. The Kier molecular flexibility index (Phi) is 4.47. The third kappa shape index (κ3) is 3.37. The number of benzene rings is 1. The molecule has 126 valence electrons. The molecule has 24 heavy (non-hydrogen) atoms. The van der Waals surface area contributed by atoms with Gasteiger partial charge >= 0.3 is 0 Å². The Bertz CT molecular complexity index is 885. The van der Waals surface area contributed by atoms with E-state index in [1.165, 1.54) is 12.3 Å². The summed E-state index contributed by atoms with van der Waals surface area (Å²) in [6.07, 6.45) is 3.04. The highest BCUT2D eigenvalue weighted by atomic mass is 35.5. The van der Waals surface area contributed by atoms with Crippen molar-refractivity contribution in [2.45, 2.75) is 17.2 Å². The summed E-state index contributed by atoms with van der Waals surface area (Å²) in [6, 6.07) is 8.65. The van der Waals surface area contributed by atoms with Crippen molar-refractivity contribution < 1.29 is 17.9 Å². The third-order valence-electron chi connectivity index (χ3n) is 3.89. The quantitative estimate of drug-likeness (QED) is 0.877. The fourth-order valence-electron chi connectivity index (χ4n) is 2.61. The molecule has 0 radical (unpaired) electrons. The number of nitrogens with zero attached hydrogens (tertiary/aromatic N) is 1. The van der Waals surface area contributed by atoms with E-state index < -0.39 is 21.8 Å². The molecule has 0 aliphatic heterocycles. The Hall–Kier alpha value is -2.12. The Morgan fingerprint density at radius 3 is 2.79 bits per heavy atom. The van der Waals surface area contributed by atoms with E-state index in [9.17, 15) is 13.2 Å². The van der Waals surface area contributed by atoms with E-state index in [0.717, 1.165) is 11.8 Å². The number of nitrogens with one attached hydrogen (secondary N) is 1. The minimum Gasteiger partial charge on any atom is -0.496 e. The smallest absolute Gasteiger partial charge is 0.265 e. The lowest BCUT2D eigenvalue weighted by molar-refractivity contribution is -0.120. The van der Waals surface area contributed by atoms with E-state index in [1.54, 1.807) is 7.11 Å². The van der Waals surface area contributed by atoms with Gasteiger partial charge in [0.2, 0.25) is 5.91 Å². The van der Waals surface area contributed by atoms with Gasteiger partial charge in [-0.25, -0.2) is 13.1 Å². The number of carbonyl (C=O) groups excluding carboxylic acids is 1. The predicted molar refractivity (Wildman–Crippen MR) is 88.4 cm³/mol. The Labute approximate surface area is 144 Å². The van der Waals surface area contributed by atoms with Crippen molar-refractivity contribution in [2.75, 3.05) is 7.11 Å². The van der Waals surface area contributed by atoms with Crippen LogP contribution in [0.2, 0.25) is 5.02 Å². The number of amides is 1. The topological polar surface area (TPSA) is 85.4 Å². The van der Waals surface area contributed by atoms with Crippen LogP contribution in [-0.4, -0.2) is 26.4 Å². The molecule has 1 fully saturated rings. The van der Waals surface area contributed by atoms with Gasteiger partial charge in [-0.15, -0.1) is 0 Å². The van der Waals surface area contributed by atoms with Crippen LogP contribution in [0, 0.1) is 5.92 Å². The second-order valence-electron chi connectivity index (χ2n) is 5.50. The summed E-state index contributed by atoms with van der Waals surface area (Å²) in [5.74, 6) is -0.289. The molecule has 6 nitrogen and oxygen atoms in total. The van der Waals surface area contributed by atoms with Crippen molar-refractivity contribution in [3.63, 3.8) is 0 Å². The second-order valence-corrected chi connectivity index (χ2v) is 7.62. The van der Waals surface area contributed by atoms with Gasteiger partial charge in [0.25, 0.3) is 10.0 Å². The normalized spacial score (nSPS) is 19.6. The van der Waals surface area contributed by atoms with Crippen LogP contribution < -0.4 is 9.46 Å². The van der Waals surface area contributed by atoms with Crippen LogP contribution >= 0.6 is 11.6 Å². The number of hydrogen-bond acceptors (Lipinski definition) is 5. The monoisotopic (exact) mass is 366 g/mol. The van der Waals surface area contributed by atoms with Gasteiger partial charge in [-0.3, -0.25) is 9.78 Å². The number of ether oxygens (including phenoxy) is 1. The molecule has 2 atom stereocenters. The number of sulfonamides is 1. The number of methoxy groups -OCH3 is 1.